The van der Waals surface area contributed by atoms with Crippen LogP contribution in [0.15, 0.2) is 54.9 Å². The molecule has 11 heteroatoms. The molecule has 0 bridgehead atoms. The topological polar surface area (TPSA) is 105 Å². The van der Waals surface area contributed by atoms with Crippen molar-refractivity contribution in [3.63, 3.8) is 0 Å². The summed E-state index contributed by atoms with van der Waals surface area (Å²) in [7, 11) is 4.16. The molecule has 0 spiro atoms. The van der Waals surface area contributed by atoms with E-state index in [2.05, 4.69) is 45.0 Å². The van der Waals surface area contributed by atoms with Crippen molar-refractivity contribution in [1.82, 2.24) is 29.5 Å². The van der Waals surface area contributed by atoms with Crippen LogP contribution in [0.2, 0.25) is 0 Å². The number of nitrogens with one attached hydrogen (secondary N) is 1. The third-order valence-corrected chi connectivity index (χ3v) is 7.66. The summed E-state index contributed by atoms with van der Waals surface area (Å²) in [5, 5.41) is 5.40. The SMILES string of the molecule is Cc1cc(Oc2c(F)cccc2F)ncc1-n1ncc(C(=O)c2cc3c4c(ccc3[nH]2)CN(CCN(C)C)CC4)c1N. The molecule has 3 N–H and O–H groups in total. The molecule has 0 aliphatic carbocycles. The first kappa shape index (κ1) is 27.6. The monoisotopic (exact) mass is 571 g/mol. The third-order valence-electron chi connectivity index (χ3n) is 7.66. The maximum atomic E-state index is 14.0. The van der Waals surface area contributed by atoms with Crippen LogP contribution in [0, 0.1) is 18.6 Å². The minimum absolute atomic E-state index is 0.00417. The van der Waals surface area contributed by atoms with Gasteiger partial charge in [0.2, 0.25) is 17.4 Å². The summed E-state index contributed by atoms with van der Waals surface area (Å²) in [4.78, 5) is 25.7. The number of para-hydroxylation sites is 1. The number of nitrogen functional groups attached to an aromatic ring is 1. The van der Waals surface area contributed by atoms with E-state index < -0.39 is 17.4 Å². The van der Waals surface area contributed by atoms with Crippen molar-refractivity contribution < 1.29 is 18.3 Å². The van der Waals surface area contributed by atoms with Gasteiger partial charge in [0.05, 0.1) is 29.3 Å². The summed E-state index contributed by atoms with van der Waals surface area (Å²) in [6.45, 7) is 5.64. The lowest BCUT2D eigenvalue weighted by Crippen LogP contribution is -2.35. The Hall–Kier alpha value is -4.61. The molecule has 2 aromatic carbocycles. The van der Waals surface area contributed by atoms with Crippen molar-refractivity contribution in [1.29, 1.82) is 0 Å². The van der Waals surface area contributed by atoms with Crippen LogP contribution < -0.4 is 10.5 Å². The van der Waals surface area contributed by atoms with Gasteiger partial charge in [-0.05, 0) is 68.4 Å². The van der Waals surface area contributed by atoms with E-state index in [0.29, 0.717) is 16.9 Å². The molecule has 3 aromatic heterocycles. The molecule has 4 heterocycles. The number of carbonyl (C=O) groups is 1. The lowest BCUT2D eigenvalue weighted by molar-refractivity contribution is 0.103. The summed E-state index contributed by atoms with van der Waals surface area (Å²) in [5.41, 5.74) is 11.7. The number of H-pyrrole nitrogens is 1. The number of fused-ring (bicyclic) bond motifs is 3. The number of ketones is 1. The average Bonchev–Trinajstić information content (AvgIpc) is 3.57. The van der Waals surface area contributed by atoms with Crippen LogP contribution >= 0.6 is 0 Å². The van der Waals surface area contributed by atoms with E-state index in [9.17, 15) is 13.6 Å². The first-order valence-corrected chi connectivity index (χ1v) is 13.7. The number of ether oxygens (including phenoxy) is 1. The molecule has 1 aliphatic heterocycles. The maximum absolute atomic E-state index is 14.0. The van der Waals surface area contributed by atoms with E-state index in [4.69, 9.17) is 10.5 Å². The minimum Gasteiger partial charge on any atom is -0.433 e. The Morgan fingerprint density at radius 1 is 1.14 bits per heavy atom. The Balaban J connectivity index is 1.24. The Morgan fingerprint density at radius 3 is 2.67 bits per heavy atom. The second-order valence-electron chi connectivity index (χ2n) is 10.8. The molecule has 0 amide bonds. The predicted molar refractivity (Wildman–Crippen MR) is 156 cm³/mol. The summed E-state index contributed by atoms with van der Waals surface area (Å²) < 4.78 is 34.8. The number of rotatable bonds is 8. The fourth-order valence-electron chi connectivity index (χ4n) is 5.35. The highest BCUT2D eigenvalue weighted by Crippen LogP contribution is 2.31. The van der Waals surface area contributed by atoms with Gasteiger partial charge in [-0.25, -0.2) is 18.4 Å². The van der Waals surface area contributed by atoms with Crippen molar-refractivity contribution in [3.05, 3.63) is 94.4 Å². The van der Waals surface area contributed by atoms with Crippen LogP contribution in [-0.2, 0) is 13.0 Å². The van der Waals surface area contributed by atoms with Crippen molar-refractivity contribution in [2.75, 3.05) is 39.5 Å². The van der Waals surface area contributed by atoms with Crippen LogP contribution in [0.25, 0.3) is 16.6 Å². The summed E-state index contributed by atoms with van der Waals surface area (Å²) >= 11 is 0. The van der Waals surface area contributed by atoms with E-state index in [1.807, 2.05) is 12.1 Å². The Morgan fingerprint density at radius 2 is 1.93 bits per heavy atom. The molecule has 9 nitrogen and oxygen atoms in total. The molecule has 0 radical (unpaired) electrons. The zero-order chi connectivity index (χ0) is 29.5. The van der Waals surface area contributed by atoms with Gasteiger partial charge in [0, 0.05) is 43.1 Å². The van der Waals surface area contributed by atoms with Crippen molar-refractivity contribution >= 4 is 22.5 Å². The Labute approximate surface area is 241 Å². The molecule has 0 fully saturated rings. The molecule has 0 saturated heterocycles. The second kappa shape index (κ2) is 11.0. The third kappa shape index (κ3) is 5.12. The van der Waals surface area contributed by atoms with Crippen LogP contribution in [0.3, 0.4) is 0 Å². The quantitative estimate of drug-likeness (QED) is 0.256. The maximum Gasteiger partial charge on any atom is 0.219 e. The predicted octanol–water partition coefficient (Wildman–Crippen LogP) is 4.86. The Kier molecular flexibility index (Phi) is 7.21. The summed E-state index contributed by atoms with van der Waals surface area (Å²) in [6, 6.07) is 11.1. The summed E-state index contributed by atoms with van der Waals surface area (Å²) in [6.07, 6.45) is 3.78. The first-order chi connectivity index (χ1) is 20.2. The van der Waals surface area contributed by atoms with Gasteiger partial charge < -0.3 is 20.4 Å². The molecule has 0 atom stereocenters. The molecule has 5 aromatic rings. The van der Waals surface area contributed by atoms with E-state index in [1.54, 1.807) is 6.92 Å². The number of hydrogen-bond acceptors (Lipinski definition) is 7. The van der Waals surface area contributed by atoms with Gasteiger partial charge >= 0.3 is 0 Å². The van der Waals surface area contributed by atoms with Gasteiger partial charge in [0.15, 0.2) is 11.6 Å². The molecule has 0 saturated carbocycles. The largest absolute Gasteiger partial charge is 0.433 e. The molecule has 216 valence electrons. The zero-order valence-electron chi connectivity index (χ0n) is 23.6. The molecular weight excluding hydrogens is 540 g/mol. The highest BCUT2D eigenvalue weighted by Gasteiger charge is 2.24. The molecular formula is C31H31F2N7O2. The van der Waals surface area contributed by atoms with Gasteiger partial charge in [-0.3, -0.25) is 9.69 Å². The highest BCUT2D eigenvalue weighted by atomic mass is 19.1. The van der Waals surface area contributed by atoms with Crippen LogP contribution in [0.1, 0.15) is 32.7 Å². The highest BCUT2D eigenvalue weighted by molar-refractivity contribution is 6.12. The van der Waals surface area contributed by atoms with Gasteiger partial charge in [0.25, 0.3) is 0 Å². The molecule has 6 rings (SSSR count). The number of nitrogens with zero attached hydrogens (tertiary/aromatic N) is 5. The number of halogens is 2. The fourth-order valence-corrected chi connectivity index (χ4v) is 5.35. The van der Waals surface area contributed by atoms with Crippen molar-refractivity contribution in [2.45, 2.75) is 19.9 Å². The molecule has 1 aliphatic rings. The Bertz CT molecular complexity index is 1790. The molecule has 0 unspecified atom stereocenters. The lowest BCUT2D eigenvalue weighted by atomic mass is 9.96. The number of carbonyl (C=O) groups excluding carboxylic acids is 1. The zero-order valence-corrected chi connectivity index (χ0v) is 23.6. The van der Waals surface area contributed by atoms with Gasteiger partial charge in [-0.15, -0.1) is 0 Å². The van der Waals surface area contributed by atoms with Crippen LogP contribution in [-0.4, -0.2) is 69.1 Å². The van der Waals surface area contributed by atoms with Gasteiger partial charge in [-0.1, -0.05) is 12.1 Å². The van der Waals surface area contributed by atoms with E-state index in [1.165, 1.54) is 40.3 Å². The van der Waals surface area contributed by atoms with Crippen molar-refractivity contribution in [3.8, 4) is 17.3 Å². The number of pyridine rings is 1. The smallest absolute Gasteiger partial charge is 0.219 e. The number of anilines is 1. The normalized spacial score (nSPS) is 13.6. The fraction of sp³-hybridized carbons (Fsp3) is 0.258. The minimum atomic E-state index is -0.836. The van der Waals surface area contributed by atoms with Gasteiger partial charge in [-0.2, -0.15) is 5.10 Å². The first-order valence-electron chi connectivity index (χ1n) is 13.7. The number of benzene rings is 2. The van der Waals surface area contributed by atoms with Crippen molar-refractivity contribution in [2.24, 2.45) is 0 Å². The number of aromatic nitrogens is 4. The van der Waals surface area contributed by atoms with E-state index in [-0.39, 0.29) is 23.0 Å². The van der Waals surface area contributed by atoms with E-state index >= 15 is 0 Å². The number of aryl methyl sites for hydroxylation is 1. The number of aromatic amines is 1. The summed E-state index contributed by atoms with van der Waals surface area (Å²) in [5.74, 6) is -2.33. The molecule has 42 heavy (non-hydrogen) atoms. The average molecular weight is 572 g/mol. The standard InChI is InChI=1S/C31H31F2N7O2/c1-18-13-28(42-30-23(32)5-4-6-24(30)33)35-16-27(18)40-31(34)22(15-36-40)29(41)26-14-21-20-9-10-39(12-11-38(2)3)17-19(20)7-8-25(21)37-26/h4-8,13-16,37H,9-12,17,34H2,1-3H3. The van der Waals surface area contributed by atoms with E-state index in [0.717, 1.165) is 55.6 Å². The van der Waals surface area contributed by atoms with Crippen LogP contribution in [0.5, 0.6) is 11.6 Å². The number of hydrogen-bond donors (Lipinski definition) is 2. The second-order valence-corrected chi connectivity index (χ2v) is 10.8. The van der Waals surface area contributed by atoms with Gasteiger partial charge in [0.1, 0.15) is 5.82 Å². The van der Waals surface area contributed by atoms with Crippen LogP contribution in [0.4, 0.5) is 14.6 Å². The number of likely N-dealkylation sites (N-methyl/N-ethyl adjacent to an activating group) is 1. The number of nitrogens with two attached hydrogens (primary N) is 1. The lowest BCUT2D eigenvalue weighted by Gasteiger charge is -2.30.